The van der Waals surface area contributed by atoms with Gasteiger partial charge in [0.1, 0.15) is 5.82 Å². The van der Waals surface area contributed by atoms with Gasteiger partial charge in [0.15, 0.2) is 5.96 Å². The van der Waals surface area contributed by atoms with Gasteiger partial charge >= 0.3 is 0 Å². The molecule has 1 aliphatic rings. The Morgan fingerprint density at radius 3 is 2.62 bits per heavy atom. The van der Waals surface area contributed by atoms with Crippen molar-refractivity contribution in [3.8, 4) is 0 Å². The van der Waals surface area contributed by atoms with Crippen molar-refractivity contribution < 1.29 is 0 Å². The standard InChI is InChI=1S/C21H33N7.HI/c1-4-22-21(26(2)16-19-15-25-27(3)17-19)24-14-18-9-10-23-20(13-18)28-11-7-5-6-8-12-28;/h9-10,13,15,17H,4-8,11-12,14,16H2,1-3H3,(H,22,24);1H. The van der Waals surface area contributed by atoms with Gasteiger partial charge in [-0.1, -0.05) is 12.8 Å². The number of aromatic nitrogens is 3. The maximum Gasteiger partial charge on any atom is 0.194 e. The summed E-state index contributed by atoms with van der Waals surface area (Å²) in [4.78, 5) is 14.0. The largest absolute Gasteiger partial charge is 0.357 e. The molecule has 2 aromatic rings. The molecule has 0 atom stereocenters. The fraction of sp³-hybridized carbons (Fsp3) is 0.571. The summed E-state index contributed by atoms with van der Waals surface area (Å²) in [5.74, 6) is 1.99. The summed E-state index contributed by atoms with van der Waals surface area (Å²) < 4.78 is 1.83. The molecule has 160 valence electrons. The third-order valence-corrected chi connectivity index (χ3v) is 5.03. The van der Waals surface area contributed by atoms with E-state index in [-0.39, 0.29) is 24.0 Å². The molecule has 3 rings (SSSR count). The number of nitrogens with zero attached hydrogens (tertiary/aromatic N) is 6. The molecular formula is C21H34IN7. The molecular weight excluding hydrogens is 477 g/mol. The number of anilines is 1. The quantitative estimate of drug-likeness (QED) is 0.366. The number of aliphatic imine (C=N–C) groups is 1. The molecule has 0 saturated carbocycles. The molecule has 0 bridgehead atoms. The Morgan fingerprint density at radius 2 is 1.97 bits per heavy atom. The SMILES string of the molecule is CCNC(=NCc1ccnc(N2CCCCCC2)c1)N(C)Cc1cnn(C)c1.I. The predicted octanol–water partition coefficient (Wildman–Crippen LogP) is 3.41. The number of halogens is 1. The Morgan fingerprint density at radius 1 is 1.21 bits per heavy atom. The minimum atomic E-state index is 0. The number of hydrogen-bond donors (Lipinski definition) is 1. The van der Waals surface area contributed by atoms with Crippen LogP contribution in [0.25, 0.3) is 0 Å². The van der Waals surface area contributed by atoms with Crippen LogP contribution in [0.1, 0.15) is 43.7 Å². The van der Waals surface area contributed by atoms with Crippen LogP contribution in [0.15, 0.2) is 35.7 Å². The Labute approximate surface area is 191 Å². The van der Waals surface area contributed by atoms with Crippen LogP contribution in [-0.2, 0) is 20.1 Å². The van der Waals surface area contributed by atoms with Gasteiger partial charge in [0.05, 0.1) is 12.7 Å². The molecule has 0 aromatic carbocycles. The highest BCUT2D eigenvalue weighted by molar-refractivity contribution is 14.0. The number of hydrogen-bond acceptors (Lipinski definition) is 4. The lowest BCUT2D eigenvalue weighted by Gasteiger charge is -2.22. The number of guanidine groups is 1. The fourth-order valence-corrected chi connectivity index (χ4v) is 3.57. The van der Waals surface area contributed by atoms with Gasteiger partial charge < -0.3 is 15.1 Å². The predicted molar refractivity (Wildman–Crippen MR) is 130 cm³/mol. The first-order chi connectivity index (χ1) is 13.7. The second kappa shape index (κ2) is 12.0. The molecule has 1 aliphatic heterocycles. The van der Waals surface area contributed by atoms with Crippen molar-refractivity contribution in [2.24, 2.45) is 12.0 Å². The van der Waals surface area contributed by atoms with E-state index >= 15 is 0 Å². The lowest BCUT2D eigenvalue weighted by atomic mass is 10.2. The Kier molecular flexibility index (Phi) is 9.69. The highest BCUT2D eigenvalue weighted by atomic mass is 127. The first-order valence-electron chi connectivity index (χ1n) is 10.3. The molecule has 2 aromatic heterocycles. The van der Waals surface area contributed by atoms with E-state index in [4.69, 9.17) is 4.99 Å². The molecule has 0 aliphatic carbocycles. The van der Waals surface area contributed by atoms with Crippen molar-refractivity contribution in [1.29, 1.82) is 0 Å². The summed E-state index contributed by atoms with van der Waals surface area (Å²) in [6, 6.07) is 4.26. The third kappa shape index (κ3) is 7.17. The number of rotatable bonds is 6. The van der Waals surface area contributed by atoms with Gasteiger partial charge in [-0.2, -0.15) is 5.10 Å². The molecule has 0 radical (unpaired) electrons. The number of pyridine rings is 1. The van der Waals surface area contributed by atoms with Crippen LogP contribution in [0.2, 0.25) is 0 Å². The van der Waals surface area contributed by atoms with Crippen LogP contribution in [0.3, 0.4) is 0 Å². The van der Waals surface area contributed by atoms with Gasteiger partial charge in [-0.25, -0.2) is 9.98 Å². The second-order valence-corrected chi connectivity index (χ2v) is 7.47. The maximum absolute atomic E-state index is 4.85. The average Bonchev–Trinajstić information content (AvgIpc) is 2.94. The summed E-state index contributed by atoms with van der Waals surface area (Å²) in [7, 11) is 4.00. The molecule has 8 heteroatoms. The molecule has 7 nitrogen and oxygen atoms in total. The number of nitrogens with one attached hydrogen (secondary N) is 1. The van der Waals surface area contributed by atoms with E-state index in [9.17, 15) is 0 Å². The Bertz CT molecular complexity index is 766. The maximum atomic E-state index is 4.85. The van der Waals surface area contributed by atoms with Crippen LogP contribution in [0.5, 0.6) is 0 Å². The minimum absolute atomic E-state index is 0. The summed E-state index contributed by atoms with van der Waals surface area (Å²) in [6.07, 6.45) is 11.0. The van der Waals surface area contributed by atoms with Gasteiger partial charge in [-0.05, 0) is 37.5 Å². The van der Waals surface area contributed by atoms with E-state index in [1.807, 2.05) is 30.3 Å². The van der Waals surface area contributed by atoms with Gasteiger partial charge in [0.25, 0.3) is 0 Å². The average molecular weight is 511 g/mol. The summed E-state index contributed by atoms with van der Waals surface area (Å²) in [6.45, 7) is 6.56. The van der Waals surface area contributed by atoms with Crippen molar-refractivity contribution in [1.82, 2.24) is 25.0 Å². The van der Waals surface area contributed by atoms with Gasteiger partial charge in [-0.15, -0.1) is 24.0 Å². The summed E-state index contributed by atoms with van der Waals surface area (Å²) in [5, 5.41) is 7.64. The smallest absolute Gasteiger partial charge is 0.194 e. The van der Waals surface area contributed by atoms with Gasteiger partial charge in [0.2, 0.25) is 0 Å². The van der Waals surface area contributed by atoms with Crippen LogP contribution < -0.4 is 10.2 Å². The monoisotopic (exact) mass is 511 g/mol. The van der Waals surface area contributed by atoms with E-state index in [0.717, 1.165) is 38.0 Å². The summed E-state index contributed by atoms with van der Waals surface area (Å²) in [5.41, 5.74) is 2.36. The van der Waals surface area contributed by atoms with Gasteiger partial charge in [-0.3, -0.25) is 4.68 Å². The molecule has 1 fully saturated rings. The van der Waals surface area contributed by atoms with E-state index in [2.05, 4.69) is 51.3 Å². The molecule has 0 amide bonds. The van der Waals surface area contributed by atoms with Crippen LogP contribution in [0.4, 0.5) is 5.82 Å². The van der Waals surface area contributed by atoms with E-state index < -0.39 is 0 Å². The number of aryl methyl sites for hydroxylation is 1. The van der Waals surface area contributed by atoms with Crippen molar-refractivity contribution in [2.45, 2.75) is 45.7 Å². The van der Waals surface area contributed by atoms with Crippen molar-refractivity contribution >= 4 is 35.8 Å². The molecule has 1 saturated heterocycles. The second-order valence-electron chi connectivity index (χ2n) is 7.47. The van der Waals surface area contributed by atoms with E-state index in [0.29, 0.717) is 6.54 Å². The first-order valence-corrected chi connectivity index (χ1v) is 10.3. The third-order valence-electron chi connectivity index (χ3n) is 5.03. The fourth-order valence-electron chi connectivity index (χ4n) is 3.57. The van der Waals surface area contributed by atoms with E-state index in [1.54, 1.807) is 0 Å². The Balaban J connectivity index is 0.00000300. The zero-order chi connectivity index (χ0) is 19.8. The highest BCUT2D eigenvalue weighted by Gasteiger charge is 2.12. The van der Waals surface area contributed by atoms with Gasteiger partial charge in [0, 0.05) is 58.2 Å². The molecule has 29 heavy (non-hydrogen) atoms. The lowest BCUT2D eigenvalue weighted by molar-refractivity contribution is 0.476. The first kappa shape index (κ1) is 23.4. The van der Waals surface area contributed by atoms with Crippen molar-refractivity contribution in [3.05, 3.63) is 41.9 Å². The van der Waals surface area contributed by atoms with Crippen molar-refractivity contribution in [3.63, 3.8) is 0 Å². The van der Waals surface area contributed by atoms with E-state index in [1.165, 1.54) is 36.8 Å². The molecule has 0 unspecified atom stereocenters. The normalized spacial score (nSPS) is 14.9. The van der Waals surface area contributed by atoms with Crippen LogP contribution >= 0.6 is 24.0 Å². The zero-order valence-electron chi connectivity index (χ0n) is 17.8. The van der Waals surface area contributed by atoms with Crippen LogP contribution in [0, 0.1) is 0 Å². The van der Waals surface area contributed by atoms with Crippen LogP contribution in [-0.4, -0.2) is 52.3 Å². The minimum Gasteiger partial charge on any atom is -0.357 e. The molecule has 1 N–H and O–H groups in total. The molecule has 0 spiro atoms. The molecule has 3 heterocycles. The zero-order valence-corrected chi connectivity index (χ0v) is 20.2. The Hall–Kier alpha value is -1.84. The lowest BCUT2D eigenvalue weighted by Crippen LogP contribution is -2.38. The highest BCUT2D eigenvalue weighted by Crippen LogP contribution is 2.18. The summed E-state index contributed by atoms with van der Waals surface area (Å²) >= 11 is 0. The topological polar surface area (TPSA) is 61.6 Å². The van der Waals surface area contributed by atoms with Crippen molar-refractivity contribution in [2.75, 3.05) is 31.6 Å².